The Morgan fingerprint density at radius 2 is 1.85 bits per heavy atom. The largest absolute Gasteiger partial charge is 0.417 e. The van der Waals surface area contributed by atoms with Gasteiger partial charge in [-0.25, -0.2) is 5.43 Å². The maximum Gasteiger partial charge on any atom is 0.417 e. The Hall–Kier alpha value is -2.87. The van der Waals surface area contributed by atoms with E-state index in [1.165, 1.54) is 30.3 Å². The summed E-state index contributed by atoms with van der Waals surface area (Å²) in [5.41, 5.74) is 1.26. The van der Waals surface area contributed by atoms with Gasteiger partial charge in [0, 0.05) is 16.1 Å². The Labute approximate surface area is 151 Å². The summed E-state index contributed by atoms with van der Waals surface area (Å²) < 4.78 is 38.5. The highest BCUT2D eigenvalue weighted by Crippen LogP contribution is 2.30. The molecule has 0 saturated carbocycles. The highest BCUT2D eigenvalue weighted by atomic mass is 35.5. The number of nitrogens with one attached hydrogen (secondary N) is 2. The van der Waals surface area contributed by atoms with Crippen LogP contribution in [0.5, 0.6) is 0 Å². The molecule has 0 unspecified atom stereocenters. The minimum Gasteiger partial charge on any atom is -0.343 e. The standard InChI is InChI=1S/C17H13ClF3N3O2/c18-13-6-3-5-11(8-13)16(26)22-10-15(25)24-23-9-12-4-1-2-7-14(12)17(19,20)21/h1-9H,10H2,(H,22,26)(H,24,25)/b23-9-. The van der Waals surface area contributed by atoms with Crippen LogP contribution in [0.4, 0.5) is 13.2 Å². The third-order valence-corrected chi connectivity index (χ3v) is 3.39. The summed E-state index contributed by atoms with van der Waals surface area (Å²) in [4.78, 5) is 23.5. The van der Waals surface area contributed by atoms with Gasteiger partial charge in [0.1, 0.15) is 0 Å². The molecule has 0 aliphatic rings. The van der Waals surface area contributed by atoms with Crippen molar-refractivity contribution >= 4 is 29.6 Å². The highest BCUT2D eigenvalue weighted by molar-refractivity contribution is 6.30. The number of benzene rings is 2. The van der Waals surface area contributed by atoms with Crippen LogP contribution in [0.1, 0.15) is 21.5 Å². The Morgan fingerprint density at radius 3 is 2.54 bits per heavy atom. The smallest absolute Gasteiger partial charge is 0.343 e. The first kappa shape index (κ1) is 19.5. The van der Waals surface area contributed by atoms with Crippen molar-refractivity contribution in [2.75, 3.05) is 6.54 Å². The molecule has 0 spiro atoms. The second kappa shape index (κ2) is 8.48. The van der Waals surface area contributed by atoms with Gasteiger partial charge in [0.2, 0.25) is 0 Å². The summed E-state index contributed by atoms with van der Waals surface area (Å²) in [5.74, 6) is -1.21. The maximum atomic E-state index is 12.8. The van der Waals surface area contributed by atoms with E-state index in [1.54, 1.807) is 12.1 Å². The lowest BCUT2D eigenvalue weighted by Crippen LogP contribution is -2.34. The molecular weight excluding hydrogens is 371 g/mol. The molecule has 0 radical (unpaired) electrons. The van der Waals surface area contributed by atoms with E-state index < -0.39 is 30.1 Å². The second-order valence-electron chi connectivity index (χ2n) is 5.07. The minimum atomic E-state index is -4.53. The van der Waals surface area contributed by atoms with Gasteiger partial charge in [-0.05, 0) is 24.3 Å². The lowest BCUT2D eigenvalue weighted by Gasteiger charge is -2.09. The predicted molar refractivity (Wildman–Crippen MR) is 91.0 cm³/mol. The fourth-order valence-electron chi connectivity index (χ4n) is 1.97. The fraction of sp³-hybridized carbons (Fsp3) is 0.118. The molecule has 9 heteroatoms. The van der Waals surface area contributed by atoms with Gasteiger partial charge in [0.25, 0.3) is 11.8 Å². The molecule has 0 aromatic heterocycles. The number of amides is 2. The summed E-state index contributed by atoms with van der Waals surface area (Å²) in [6.45, 7) is -0.399. The van der Waals surface area contributed by atoms with Crippen LogP contribution in [-0.2, 0) is 11.0 Å². The van der Waals surface area contributed by atoms with E-state index in [0.717, 1.165) is 12.3 Å². The monoisotopic (exact) mass is 383 g/mol. The molecule has 2 amide bonds. The summed E-state index contributed by atoms with van der Waals surface area (Å²) in [6, 6.07) is 10.9. The fourth-order valence-corrected chi connectivity index (χ4v) is 2.16. The molecule has 0 atom stereocenters. The van der Waals surface area contributed by atoms with Crippen LogP contribution in [-0.4, -0.2) is 24.6 Å². The molecule has 2 rings (SSSR count). The van der Waals surface area contributed by atoms with E-state index in [1.807, 2.05) is 0 Å². The van der Waals surface area contributed by atoms with E-state index in [4.69, 9.17) is 11.6 Å². The number of alkyl halides is 3. The number of hydrazone groups is 1. The first-order valence-electron chi connectivity index (χ1n) is 7.29. The van der Waals surface area contributed by atoms with Gasteiger partial charge < -0.3 is 5.32 Å². The van der Waals surface area contributed by atoms with E-state index in [0.29, 0.717) is 5.02 Å². The average Bonchev–Trinajstić information content (AvgIpc) is 2.59. The molecule has 5 nitrogen and oxygen atoms in total. The molecule has 26 heavy (non-hydrogen) atoms. The lowest BCUT2D eigenvalue weighted by molar-refractivity contribution is -0.137. The molecule has 0 heterocycles. The van der Waals surface area contributed by atoms with Crippen molar-refractivity contribution in [3.63, 3.8) is 0 Å². The summed E-state index contributed by atoms with van der Waals surface area (Å²) in [7, 11) is 0. The van der Waals surface area contributed by atoms with Crippen molar-refractivity contribution in [2.45, 2.75) is 6.18 Å². The summed E-state index contributed by atoms with van der Waals surface area (Å²) in [5, 5.41) is 6.20. The number of hydrogen-bond acceptors (Lipinski definition) is 3. The van der Waals surface area contributed by atoms with Crippen molar-refractivity contribution in [3.05, 3.63) is 70.2 Å². The number of hydrogen-bond donors (Lipinski definition) is 2. The third-order valence-electron chi connectivity index (χ3n) is 3.16. The second-order valence-corrected chi connectivity index (χ2v) is 5.51. The van der Waals surface area contributed by atoms with E-state index in [2.05, 4.69) is 15.8 Å². The highest BCUT2D eigenvalue weighted by Gasteiger charge is 2.32. The third kappa shape index (κ3) is 5.59. The predicted octanol–water partition coefficient (Wildman–Crippen LogP) is 3.24. The number of rotatable bonds is 5. The maximum absolute atomic E-state index is 12.8. The van der Waals surface area contributed by atoms with Gasteiger partial charge >= 0.3 is 6.18 Å². The Bertz CT molecular complexity index is 838. The molecule has 136 valence electrons. The van der Waals surface area contributed by atoms with Gasteiger partial charge in [0.05, 0.1) is 18.3 Å². The molecule has 2 aromatic carbocycles. The zero-order valence-corrected chi connectivity index (χ0v) is 13.9. The van der Waals surface area contributed by atoms with Gasteiger partial charge in [0.15, 0.2) is 0 Å². The molecule has 0 saturated heterocycles. The first-order chi connectivity index (χ1) is 12.3. The van der Waals surface area contributed by atoms with Crippen molar-refractivity contribution in [2.24, 2.45) is 5.10 Å². The quantitative estimate of drug-likeness (QED) is 0.614. The van der Waals surface area contributed by atoms with Gasteiger partial charge in [-0.15, -0.1) is 0 Å². The first-order valence-corrected chi connectivity index (χ1v) is 7.67. The van der Waals surface area contributed by atoms with Crippen molar-refractivity contribution < 1.29 is 22.8 Å². The van der Waals surface area contributed by atoms with Gasteiger partial charge in [-0.1, -0.05) is 35.9 Å². The number of carbonyl (C=O) groups is 2. The van der Waals surface area contributed by atoms with Crippen LogP contribution in [0.15, 0.2) is 53.6 Å². The molecule has 0 fully saturated rings. The number of halogens is 4. The topological polar surface area (TPSA) is 70.6 Å². The summed E-state index contributed by atoms with van der Waals surface area (Å²) >= 11 is 5.76. The Balaban J connectivity index is 1.89. The molecule has 0 aliphatic carbocycles. The normalized spacial score (nSPS) is 11.4. The molecule has 2 N–H and O–H groups in total. The lowest BCUT2D eigenvalue weighted by atomic mass is 10.1. The van der Waals surface area contributed by atoms with Crippen LogP contribution in [0, 0.1) is 0 Å². The average molecular weight is 384 g/mol. The number of carbonyl (C=O) groups excluding carboxylic acids is 2. The Kier molecular flexibility index (Phi) is 6.35. The zero-order chi connectivity index (χ0) is 19.2. The van der Waals surface area contributed by atoms with Crippen LogP contribution in [0.3, 0.4) is 0 Å². The van der Waals surface area contributed by atoms with E-state index >= 15 is 0 Å². The van der Waals surface area contributed by atoms with Crippen LogP contribution in [0.25, 0.3) is 0 Å². The van der Waals surface area contributed by atoms with Gasteiger partial charge in [-0.3, -0.25) is 9.59 Å². The molecule has 2 aromatic rings. The minimum absolute atomic E-state index is 0.191. The Morgan fingerprint density at radius 1 is 1.12 bits per heavy atom. The molecule has 0 aliphatic heterocycles. The van der Waals surface area contributed by atoms with Crippen LogP contribution >= 0.6 is 11.6 Å². The van der Waals surface area contributed by atoms with Crippen LogP contribution in [0.2, 0.25) is 5.02 Å². The van der Waals surface area contributed by atoms with E-state index in [9.17, 15) is 22.8 Å². The van der Waals surface area contributed by atoms with E-state index in [-0.39, 0.29) is 11.1 Å². The van der Waals surface area contributed by atoms with Crippen molar-refractivity contribution in [1.82, 2.24) is 10.7 Å². The number of nitrogens with zero attached hydrogens (tertiary/aromatic N) is 1. The molecule has 0 bridgehead atoms. The summed E-state index contributed by atoms with van der Waals surface area (Å²) in [6.07, 6.45) is -3.64. The van der Waals surface area contributed by atoms with Crippen LogP contribution < -0.4 is 10.7 Å². The van der Waals surface area contributed by atoms with Crippen molar-refractivity contribution in [1.29, 1.82) is 0 Å². The SMILES string of the molecule is O=C(CNC(=O)c1cccc(Cl)c1)N/N=C\c1ccccc1C(F)(F)F. The van der Waals surface area contributed by atoms with Crippen molar-refractivity contribution in [3.8, 4) is 0 Å². The zero-order valence-electron chi connectivity index (χ0n) is 13.2. The van der Waals surface area contributed by atoms with Gasteiger partial charge in [-0.2, -0.15) is 18.3 Å². The molecular formula is C17H13ClF3N3O2.